The molecule has 1 fully saturated rings. The van der Waals surface area contributed by atoms with Crippen molar-refractivity contribution in [3.63, 3.8) is 0 Å². The SMILES string of the molecule is CCC(C)c1ccc(NC(N)=NCc2ccc(N3CCC(O)CC3)c(F)c2)cc1. The standard InChI is InChI=1S/C23H31FN4O/c1-3-16(2)18-5-7-19(8-6-18)27-23(25)26-15-17-4-9-22(21(24)14-17)28-12-10-20(29)11-13-28/h4-9,14,16,20,29H,3,10-13,15H2,1-2H3,(H3,25,26,27). The van der Waals surface area contributed by atoms with Gasteiger partial charge in [-0.15, -0.1) is 0 Å². The second-order valence-electron chi connectivity index (χ2n) is 7.76. The van der Waals surface area contributed by atoms with Crippen LogP contribution in [-0.2, 0) is 6.54 Å². The van der Waals surface area contributed by atoms with Crippen LogP contribution in [0, 0.1) is 5.82 Å². The van der Waals surface area contributed by atoms with Crippen LogP contribution in [0.1, 0.15) is 50.2 Å². The van der Waals surface area contributed by atoms with Crippen molar-refractivity contribution in [2.24, 2.45) is 10.7 Å². The number of nitrogens with zero attached hydrogens (tertiary/aromatic N) is 2. The maximum absolute atomic E-state index is 14.5. The Morgan fingerprint density at radius 2 is 1.93 bits per heavy atom. The van der Waals surface area contributed by atoms with Crippen molar-refractivity contribution in [1.29, 1.82) is 0 Å². The van der Waals surface area contributed by atoms with Gasteiger partial charge in [0.1, 0.15) is 5.82 Å². The number of aliphatic hydroxyl groups excluding tert-OH is 1. The average molecular weight is 399 g/mol. The molecule has 1 atom stereocenters. The molecule has 0 aromatic heterocycles. The van der Waals surface area contributed by atoms with Crippen LogP contribution in [0.5, 0.6) is 0 Å². The zero-order chi connectivity index (χ0) is 20.8. The molecule has 4 N–H and O–H groups in total. The van der Waals surface area contributed by atoms with Crippen molar-refractivity contribution in [2.75, 3.05) is 23.3 Å². The minimum atomic E-state index is -0.273. The number of piperidine rings is 1. The zero-order valence-corrected chi connectivity index (χ0v) is 17.2. The number of hydrogen-bond acceptors (Lipinski definition) is 3. The lowest BCUT2D eigenvalue weighted by atomic mass is 9.99. The molecule has 0 bridgehead atoms. The van der Waals surface area contributed by atoms with Gasteiger partial charge in [-0.3, -0.25) is 0 Å². The summed E-state index contributed by atoms with van der Waals surface area (Å²) < 4.78 is 14.5. The summed E-state index contributed by atoms with van der Waals surface area (Å²) in [6.45, 7) is 6.02. The molecule has 1 heterocycles. The van der Waals surface area contributed by atoms with Crippen molar-refractivity contribution in [3.8, 4) is 0 Å². The van der Waals surface area contributed by atoms with Gasteiger partial charge in [-0.05, 0) is 60.6 Å². The lowest BCUT2D eigenvalue weighted by molar-refractivity contribution is 0.145. The first-order valence-electron chi connectivity index (χ1n) is 10.3. The van der Waals surface area contributed by atoms with Gasteiger partial charge in [0.25, 0.3) is 0 Å². The Bertz CT molecular complexity index is 829. The number of hydrogen-bond donors (Lipinski definition) is 3. The highest BCUT2D eigenvalue weighted by Gasteiger charge is 2.19. The van der Waals surface area contributed by atoms with Crippen LogP contribution < -0.4 is 16.0 Å². The van der Waals surface area contributed by atoms with Crippen molar-refractivity contribution in [1.82, 2.24) is 0 Å². The third kappa shape index (κ3) is 5.70. The van der Waals surface area contributed by atoms with Crippen LogP contribution in [0.3, 0.4) is 0 Å². The Hall–Kier alpha value is -2.60. The van der Waals surface area contributed by atoms with Crippen LogP contribution in [-0.4, -0.2) is 30.3 Å². The predicted molar refractivity (Wildman–Crippen MR) is 118 cm³/mol. The Kier molecular flexibility index (Phi) is 7.09. The van der Waals surface area contributed by atoms with Crippen molar-refractivity contribution >= 4 is 17.3 Å². The van der Waals surface area contributed by atoms with Crippen molar-refractivity contribution in [2.45, 2.75) is 51.7 Å². The first-order chi connectivity index (χ1) is 14.0. The summed E-state index contributed by atoms with van der Waals surface area (Å²) >= 11 is 0. The number of benzene rings is 2. The third-order valence-electron chi connectivity index (χ3n) is 5.61. The molecule has 6 heteroatoms. The molecular weight excluding hydrogens is 367 g/mol. The molecular formula is C23H31FN4O. The van der Waals surface area contributed by atoms with E-state index in [1.807, 2.05) is 23.1 Å². The molecule has 5 nitrogen and oxygen atoms in total. The Balaban J connectivity index is 1.58. The zero-order valence-electron chi connectivity index (χ0n) is 17.2. The summed E-state index contributed by atoms with van der Waals surface area (Å²) in [5, 5.41) is 12.7. The number of aliphatic hydroxyl groups is 1. The van der Waals surface area contributed by atoms with Gasteiger partial charge in [0, 0.05) is 18.8 Å². The maximum atomic E-state index is 14.5. The Morgan fingerprint density at radius 1 is 1.24 bits per heavy atom. The van der Waals surface area contributed by atoms with Gasteiger partial charge in [-0.1, -0.05) is 32.0 Å². The number of halogens is 1. The molecule has 0 spiro atoms. The summed E-state index contributed by atoms with van der Waals surface area (Å²) in [4.78, 5) is 6.31. The normalized spacial score (nSPS) is 16.7. The van der Waals surface area contributed by atoms with E-state index in [0.29, 0.717) is 50.0 Å². The van der Waals surface area contributed by atoms with E-state index in [9.17, 15) is 9.50 Å². The number of aliphatic imine (C=N–C) groups is 1. The Labute approximate surface area is 172 Å². The molecule has 1 saturated heterocycles. The fourth-order valence-electron chi connectivity index (χ4n) is 3.51. The minimum Gasteiger partial charge on any atom is -0.393 e. The van der Waals surface area contributed by atoms with E-state index in [1.165, 1.54) is 11.6 Å². The number of guanidine groups is 1. The quantitative estimate of drug-likeness (QED) is 0.503. The summed E-state index contributed by atoms with van der Waals surface area (Å²) in [5.74, 6) is 0.569. The molecule has 3 rings (SSSR count). The molecule has 2 aromatic rings. The molecule has 1 unspecified atom stereocenters. The van der Waals surface area contributed by atoms with E-state index < -0.39 is 0 Å². The summed E-state index contributed by atoms with van der Waals surface area (Å²) in [6.07, 6.45) is 2.17. The highest BCUT2D eigenvalue weighted by Crippen LogP contribution is 2.25. The Morgan fingerprint density at radius 3 is 2.55 bits per heavy atom. The molecule has 0 radical (unpaired) electrons. The van der Waals surface area contributed by atoms with E-state index in [0.717, 1.165) is 17.7 Å². The monoisotopic (exact) mass is 398 g/mol. The smallest absolute Gasteiger partial charge is 0.193 e. The second-order valence-corrected chi connectivity index (χ2v) is 7.76. The molecule has 1 aliphatic rings. The van der Waals surface area contributed by atoms with Gasteiger partial charge in [-0.25, -0.2) is 9.38 Å². The third-order valence-corrected chi connectivity index (χ3v) is 5.61. The molecule has 0 saturated carbocycles. The highest BCUT2D eigenvalue weighted by atomic mass is 19.1. The number of nitrogens with two attached hydrogens (primary N) is 1. The lowest BCUT2D eigenvalue weighted by Gasteiger charge is -2.31. The molecule has 0 amide bonds. The van der Waals surface area contributed by atoms with E-state index in [4.69, 9.17) is 5.73 Å². The molecule has 0 aliphatic carbocycles. The predicted octanol–water partition coefficient (Wildman–Crippen LogP) is 4.23. The van der Waals surface area contributed by atoms with Crippen LogP contribution in [0.25, 0.3) is 0 Å². The fraction of sp³-hybridized carbons (Fsp3) is 0.435. The van der Waals surface area contributed by atoms with Gasteiger partial charge >= 0.3 is 0 Å². The lowest BCUT2D eigenvalue weighted by Crippen LogP contribution is -2.36. The molecule has 1 aliphatic heterocycles. The largest absolute Gasteiger partial charge is 0.393 e. The first kappa shape index (κ1) is 21.1. The van der Waals surface area contributed by atoms with Gasteiger partial charge in [0.2, 0.25) is 0 Å². The summed E-state index contributed by atoms with van der Waals surface area (Å²) in [7, 11) is 0. The van der Waals surface area contributed by atoms with Crippen molar-refractivity contribution < 1.29 is 9.50 Å². The fourth-order valence-corrected chi connectivity index (χ4v) is 3.51. The van der Waals surface area contributed by atoms with Crippen molar-refractivity contribution in [3.05, 3.63) is 59.4 Å². The number of nitrogens with one attached hydrogen (secondary N) is 1. The van der Waals surface area contributed by atoms with Crippen LogP contribution in [0.15, 0.2) is 47.5 Å². The van der Waals surface area contributed by atoms with E-state index in [-0.39, 0.29) is 11.9 Å². The van der Waals surface area contributed by atoms with Gasteiger partial charge in [0.05, 0.1) is 18.3 Å². The van der Waals surface area contributed by atoms with Crippen LogP contribution in [0.4, 0.5) is 15.8 Å². The van der Waals surface area contributed by atoms with Gasteiger partial charge in [-0.2, -0.15) is 0 Å². The molecule has 2 aromatic carbocycles. The summed E-state index contributed by atoms with van der Waals surface area (Å²) in [6, 6.07) is 13.4. The topological polar surface area (TPSA) is 73.9 Å². The molecule has 156 valence electrons. The van der Waals surface area contributed by atoms with E-state index in [1.54, 1.807) is 6.07 Å². The van der Waals surface area contributed by atoms with Crippen LogP contribution in [0.2, 0.25) is 0 Å². The first-order valence-corrected chi connectivity index (χ1v) is 10.3. The highest BCUT2D eigenvalue weighted by molar-refractivity contribution is 5.92. The number of anilines is 2. The minimum absolute atomic E-state index is 0.263. The van der Waals surface area contributed by atoms with Gasteiger partial charge < -0.3 is 21.1 Å². The average Bonchev–Trinajstić information content (AvgIpc) is 2.73. The van der Waals surface area contributed by atoms with E-state index >= 15 is 0 Å². The molecule has 29 heavy (non-hydrogen) atoms. The van der Waals surface area contributed by atoms with E-state index in [2.05, 4.69) is 36.3 Å². The van der Waals surface area contributed by atoms with Crippen LogP contribution >= 0.6 is 0 Å². The maximum Gasteiger partial charge on any atom is 0.193 e. The summed E-state index contributed by atoms with van der Waals surface area (Å²) in [5.41, 5.74) is 9.51. The van der Waals surface area contributed by atoms with Gasteiger partial charge in [0.15, 0.2) is 5.96 Å². The second kappa shape index (κ2) is 9.74. The number of rotatable bonds is 6.